The first-order valence-electron chi connectivity index (χ1n) is 7.84. The molecule has 1 aliphatic carbocycles. The molecule has 0 unspecified atom stereocenters. The molecule has 3 nitrogen and oxygen atoms in total. The Kier molecular flexibility index (Phi) is 6.30. The van der Waals surface area contributed by atoms with Crippen LogP contribution in [0.15, 0.2) is 0 Å². The third-order valence-electron chi connectivity index (χ3n) is 3.66. The van der Waals surface area contributed by atoms with Gasteiger partial charge in [0.1, 0.15) is 5.82 Å². The van der Waals surface area contributed by atoms with Gasteiger partial charge in [-0.2, -0.15) is 11.8 Å². The number of rotatable bonds is 9. The van der Waals surface area contributed by atoms with Gasteiger partial charge < -0.3 is 5.32 Å². The van der Waals surface area contributed by atoms with Crippen LogP contribution < -0.4 is 5.32 Å². The number of thioether (sulfide) groups is 1. The lowest BCUT2D eigenvalue weighted by Crippen LogP contribution is -2.18. The van der Waals surface area contributed by atoms with E-state index >= 15 is 0 Å². The highest BCUT2D eigenvalue weighted by molar-refractivity contribution is 7.98. The molecule has 4 heteroatoms. The van der Waals surface area contributed by atoms with Gasteiger partial charge in [-0.25, -0.2) is 9.97 Å². The topological polar surface area (TPSA) is 37.8 Å². The van der Waals surface area contributed by atoms with Crippen molar-refractivity contribution >= 4 is 11.8 Å². The predicted molar refractivity (Wildman–Crippen MR) is 87.3 cm³/mol. The van der Waals surface area contributed by atoms with Crippen molar-refractivity contribution in [1.29, 1.82) is 0 Å². The smallest absolute Gasteiger partial charge is 0.138 e. The molecule has 0 aromatic carbocycles. The first kappa shape index (κ1) is 15.8. The molecule has 1 fully saturated rings. The maximum atomic E-state index is 4.68. The summed E-state index contributed by atoms with van der Waals surface area (Å²) in [4.78, 5) is 9.36. The molecule has 0 atom stereocenters. The monoisotopic (exact) mass is 293 g/mol. The van der Waals surface area contributed by atoms with Crippen LogP contribution in [0.4, 0.5) is 0 Å². The van der Waals surface area contributed by atoms with E-state index in [9.17, 15) is 0 Å². The van der Waals surface area contributed by atoms with Crippen molar-refractivity contribution in [2.75, 3.05) is 12.3 Å². The standard InChI is InChI=1S/C16H27N3S/c1-4-10-20-11-16-18-12(2)15(13(3)19-16)6-5-9-17-14-7-8-14/h14,17H,4-11H2,1-3H3. The lowest BCUT2D eigenvalue weighted by molar-refractivity contribution is 0.641. The lowest BCUT2D eigenvalue weighted by Gasteiger charge is -2.11. The van der Waals surface area contributed by atoms with Crippen molar-refractivity contribution in [2.45, 2.75) is 64.7 Å². The fraction of sp³-hybridized carbons (Fsp3) is 0.750. The zero-order chi connectivity index (χ0) is 14.4. The van der Waals surface area contributed by atoms with E-state index in [4.69, 9.17) is 0 Å². The third-order valence-corrected chi connectivity index (χ3v) is 4.82. The van der Waals surface area contributed by atoms with Crippen molar-refractivity contribution in [3.05, 3.63) is 22.8 Å². The van der Waals surface area contributed by atoms with Crippen LogP contribution in [0.1, 0.15) is 55.4 Å². The average molecular weight is 293 g/mol. The maximum absolute atomic E-state index is 4.68. The fourth-order valence-corrected chi connectivity index (χ4v) is 3.15. The molecule has 1 aliphatic rings. The molecule has 20 heavy (non-hydrogen) atoms. The van der Waals surface area contributed by atoms with Gasteiger partial charge >= 0.3 is 0 Å². The molecule has 0 radical (unpaired) electrons. The fourth-order valence-electron chi connectivity index (χ4n) is 2.40. The van der Waals surface area contributed by atoms with Crippen LogP contribution in [0, 0.1) is 13.8 Å². The summed E-state index contributed by atoms with van der Waals surface area (Å²) in [6, 6.07) is 0.811. The largest absolute Gasteiger partial charge is 0.314 e. The van der Waals surface area contributed by atoms with E-state index in [1.807, 2.05) is 11.8 Å². The van der Waals surface area contributed by atoms with Gasteiger partial charge in [-0.05, 0) is 63.8 Å². The van der Waals surface area contributed by atoms with Gasteiger partial charge in [-0.15, -0.1) is 0 Å². The van der Waals surface area contributed by atoms with Crippen LogP contribution >= 0.6 is 11.8 Å². The highest BCUT2D eigenvalue weighted by atomic mass is 32.2. The Balaban J connectivity index is 1.84. The third kappa shape index (κ3) is 5.06. The van der Waals surface area contributed by atoms with Gasteiger partial charge in [0, 0.05) is 17.4 Å². The van der Waals surface area contributed by atoms with Gasteiger partial charge in [0.15, 0.2) is 0 Å². The molecule has 0 spiro atoms. The molecule has 0 aliphatic heterocycles. The summed E-state index contributed by atoms with van der Waals surface area (Å²) in [5.41, 5.74) is 3.71. The number of aromatic nitrogens is 2. The normalized spacial score (nSPS) is 14.8. The quantitative estimate of drug-likeness (QED) is 0.708. The van der Waals surface area contributed by atoms with Gasteiger partial charge in [-0.3, -0.25) is 0 Å². The van der Waals surface area contributed by atoms with Crippen molar-refractivity contribution < 1.29 is 0 Å². The van der Waals surface area contributed by atoms with E-state index in [-0.39, 0.29) is 0 Å². The van der Waals surface area contributed by atoms with E-state index in [2.05, 4.69) is 36.1 Å². The molecule has 1 aromatic rings. The van der Waals surface area contributed by atoms with Crippen LogP contribution in [0.5, 0.6) is 0 Å². The van der Waals surface area contributed by atoms with Crippen molar-refractivity contribution in [1.82, 2.24) is 15.3 Å². The number of nitrogens with one attached hydrogen (secondary N) is 1. The molecule has 2 rings (SSSR count). The molecule has 0 saturated heterocycles. The predicted octanol–water partition coefficient (Wildman–Crippen LogP) is 3.42. The van der Waals surface area contributed by atoms with E-state index in [0.29, 0.717) is 0 Å². The Morgan fingerprint density at radius 2 is 1.90 bits per heavy atom. The van der Waals surface area contributed by atoms with Gasteiger partial charge in [0.05, 0.1) is 5.75 Å². The second-order valence-electron chi connectivity index (χ2n) is 5.67. The SMILES string of the molecule is CCCSCc1nc(C)c(CCCNC2CC2)c(C)n1. The Morgan fingerprint density at radius 3 is 2.50 bits per heavy atom. The zero-order valence-corrected chi connectivity index (χ0v) is 13.9. The number of aryl methyl sites for hydroxylation is 2. The summed E-state index contributed by atoms with van der Waals surface area (Å²) in [5, 5.41) is 3.57. The molecular weight excluding hydrogens is 266 g/mol. The Morgan fingerprint density at radius 1 is 1.20 bits per heavy atom. The number of nitrogens with zero attached hydrogens (tertiary/aromatic N) is 2. The first-order chi connectivity index (χ1) is 9.70. The Bertz CT molecular complexity index is 407. The van der Waals surface area contributed by atoms with Crippen molar-refractivity contribution in [2.24, 2.45) is 0 Å². The average Bonchev–Trinajstić information content (AvgIpc) is 3.21. The highest BCUT2D eigenvalue weighted by Gasteiger charge is 2.19. The summed E-state index contributed by atoms with van der Waals surface area (Å²) in [5.74, 6) is 3.13. The Labute approximate surface area is 127 Å². The summed E-state index contributed by atoms with van der Waals surface area (Å²) in [6.45, 7) is 7.60. The van der Waals surface area contributed by atoms with Crippen LogP contribution in [0.3, 0.4) is 0 Å². The van der Waals surface area contributed by atoms with Crippen molar-refractivity contribution in [3.63, 3.8) is 0 Å². The van der Waals surface area contributed by atoms with E-state index < -0.39 is 0 Å². The summed E-state index contributed by atoms with van der Waals surface area (Å²) < 4.78 is 0. The molecule has 112 valence electrons. The molecule has 1 N–H and O–H groups in total. The van der Waals surface area contributed by atoms with Crippen LogP contribution in [-0.2, 0) is 12.2 Å². The van der Waals surface area contributed by atoms with Gasteiger partial charge in [-0.1, -0.05) is 6.92 Å². The second kappa shape index (κ2) is 7.99. The Hall–Kier alpha value is -0.610. The highest BCUT2D eigenvalue weighted by Crippen LogP contribution is 2.19. The van der Waals surface area contributed by atoms with Crippen LogP contribution in [-0.4, -0.2) is 28.3 Å². The minimum atomic E-state index is 0.811. The second-order valence-corrected chi connectivity index (χ2v) is 6.78. The van der Waals surface area contributed by atoms with E-state index in [1.54, 1.807) is 0 Å². The molecule has 1 saturated carbocycles. The minimum Gasteiger partial charge on any atom is -0.314 e. The summed E-state index contributed by atoms with van der Waals surface area (Å²) in [7, 11) is 0. The van der Waals surface area contributed by atoms with Gasteiger partial charge in [0.2, 0.25) is 0 Å². The molecule has 1 aromatic heterocycles. The molecular formula is C16H27N3S. The minimum absolute atomic E-state index is 0.811. The van der Waals surface area contributed by atoms with Gasteiger partial charge in [0.25, 0.3) is 0 Å². The van der Waals surface area contributed by atoms with Crippen molar-refractivity contribution in [3.8, 4) is 0 Å². The molecule has 0 bridgehead atoms. The molecule has 0 amide bonds. The number of hydrogen-bond acceptors (Lipinski definition) is 4. The molecule has 1 heterocycles. The lowest BCUT2D eigenvalue weighted by atomic mass is 10.1. The summed E-state index contributed by atoms with van der Waals surface area (Å²) in [6.07, 6.45) is 6.23. The van der Waals surface area contributed by atoms with Crippen LogP contribution in [0.25, 0.3) is 0 Å². The number of hydrogen-bond donors (Lipinski definition) is 1. The van der Waals surface area contributed by atoms with Crippen LogP contribution in [0.2, 0.25) is 0 Å². The van der Waals surface area contributed by atoms with E-state index in [1.165, 1.54) is 48.4 Å². The zero-order valence-electron chi connectivity index (χ0n) is 13.0. The van der Waals surface area contributed by atoms with E-state index in [0.717, 1.165) is 30.6 Å². The first-order valence-corrected chi connectivity index (χ1v) is 9.00. The summed E-state index contributed by atoms with van der Waals surface area (Å²) >= 11 is 1.93. The maximum Gasteiger partial charge on any atom is 0.138 e.